The van der Waals surface area contributed by atoms with E-state index in [9.17, 15) is 4.79 Å². The molecule has 0 bridgehead atoms. The third-order valence-corrected chi connectivity index (χ3v) is 4.95. The Bertz CT molecular complexity index is 747. The van der Waals surface area contributed by atoms with Crippen molar-refractivity contribution >= 4 is 11.7 Å². The summed E-state index contributed by atoms with van der Waals surface area (Å²) in [6.45, 7) is 7.37. The quantitative estimate of drug-likeness (QED) is 0.879. The Hall–Kier alpha value is -2.47. The lowest BCUT2D eigenvalue weighted by Gasteiger charge is -2.35. The summed E-state index contributed by atoms with van der Waals surface area (Å²) >= 11 is 0. The fraction of sp³-hybridized carbons (Fsp3) is 0.450. The summed E-state index contributed by atoms with van der Waals surface area (Å²) in [7, 11) is 0. The Kier molecular flexibility index (Phi) is 5.23. The lowest BCUT2D eigenvalue weighted by molar-refractivity contribution is -0.127. The molecule has 3 rings (SSSR count). The first-order valence-electron chi connectivity index (χ1n) is 9.09. The van der Waals surface area contributed by atoms with E-state index in [2.05, 4.69) is 20.2 Å². The van der Waals surface area contributed by atoms with Crippen molar-refractivity contribution in [3.8, 4) is 0 Å². The highest BCUT2D eigenvalue weighted by Gasteiger charge is 2.32. The summed E-state index contributed by atoms with van der Waals surface area (Å²) in [4.78, 5) is 23.8. The molecular formula is C20H27N5O. The molecule has 138 valence electrons. The highest BCUT2D eigenvalue weighted by molar-refractivity contribution is 5.87. The number of hydrogen-bond acceptors (Lipinski definition) is 5. The second-order valence-electron chi connectivity index (χ2n) is 7.22. The van der Waals surface area contributed by atoms with Crippen LogP contribution in [-0.2, 0) is 10.3 Å². The lowest BCUT2D eigenvalue weighted by atomic mass is 9.91. The predicted molar refractivity (Wildman–Crippen MR) is 103 cm³/mol. The number of nitrogens with zero attached hydrogens (tertiary/aromatic N) is 3. The smallest absolute Gasteiger partial charge is 0.244 e. The van der Waals surface area contributed by atoms with Gasteiger partial charge in [0.2, 0.25) is 5.91 Å². The Labute approximate surface area is 154 Å². The van der Waals surface area contributed by atoms with Gasteiger partial charge in [-0.2, -0.15) is 0 Å². The maximum absolute atomic E-state index is 12.7. The number of carbonyl (C=O) groups is 1. The largest absolute Gasteiger partial charge is 0.356 e. The second-order valence-corrected chi connectivity index (χ2v) is 7.22. The average molecular weight is 353 g/mol. The summed E-state index contributed by atoms with van der Waals surface area (Å²) in [6, 6.07) is 11.6. The van der Waals surface area contributed by atoms with Crippen LogP contribution in [0, 0.1) is 13.8 Å². The fourth-order valence-corrected chi connectivity index (χ4v) is 3.36. The molecule has 3 N–H and O–H groups in total. The van der Waals surface area contributed by atoms with E-state index < -0.39 is 5.54 Å². The van der Waals surface area contributed by atoms with E-state index >= 15 is 0 Å². The molecule has 1 aromatic heterocycles. The molecule has 0 radical (unpaired) electrons. The number of rotatable bonds is 4. The topological polar surface area (TPSA) is 84.1 Å². The van der Waals surface area contributed by atoms with Gasteiger partial charge in [-0.3, -0.25) is 4.79 Å². The summed E-state index contributed by atoms with van der Waals surface area (Å²) in [5, 5.41) is 3.13. The third-order valence-electron chi connectivity index (χ3n) is 4.95. The molecule has 0 spiro atoms. The van der Waals surface area contributed by atoms with Gasteiger partial charge in [0.25, 0.3) is 0 Å². The molecule has 1 fully saturated rings. The van der Waals surface area contributed by atoms with Gasteiger partial charge in [0.15, 0.2) is 0 Å². The van der Waals surface area contributed by atoms with Gasteiger partial charge in [0.05, 0.1) is 0 Å². The fourth-order valence-electron chi connectivity index (χ4n) is 3.36. The molecule has 1 atom stereocenters. The van der Waals surface area contributed by atoms with E-state index in [0.29, 0.717) is 0 Å². The Balaban J connectivity index is 1.59. The summed E-state index contributed by atoms with van der Waals surface area (Å²) in [5.41, 5.74) is 7.08. The Morgan fingerprint density at radius 1 is 1.19 bits per heavy atom. The molecule has 0 saturated carbocycles. The van der Waals surface area contributed by atoms with E-state index in [-0.39, 0.29) is 11.9 Å². The van der Waals surface area contributed by atoms with Gasteiger partial charge in [-0.25, -0.2) is 9.97 Å². The third kappa shape index (κ3) is 4.02. The van der Waals surface area contributed by atoms with Crippen molar-refractivity contribution in [2.45, 2.75) is 45.2 Å². The number of nitrogens with two attached hydrogens (primary N) is 1. The number of benzene rings is 1. The van der Waals surface area contributed by atoms with E-state index in [0.717, 1.165) is 48.8 Å². The van der Waals surface area contributed by atoms with Gasteiger partial charge in [-0.15, -0.1) is 0 Å². The highest BCUT2D eigenvalue weighted by Crippen LogP contribution is 2.21. The first-order chi connectivity index (χ1) is 12.4. The van der Waals surface area contributed by atoms with Gasteiger partial charge in [-0.1, -0.05) is 30.3 Å². The summed E-state index contributed by atoms with van der Waals surface area (Å²) in [6.07, 6.45) is 1.75. The van der Waals surface area contributed by atoms with Crippen LogP contribution in [0.3, 0.4) is 0 Å². The molecule has 1 aromatic carbocycles. The summed E-state index contributed by atoms with van der Waals surface area (Å²) in [5.74, 6) is 1.63. The standard InChI is InChI=1S/C20H27N5O/c1-14-13-18(23-15(2)22-14)25-11-9-17(10-12-25)24-19(26)20(3,21)16-7-5-4-6-8-16/h4-8,13,17H,9-12,21H2,1-3H3,(H,24,26). The number of amides is 1. The van der Waals surface area contributed by atoms with Crippen LogP contribution in [0.4, 0.5) is 5.82 Å². The van der Waals surface area contributed by atoms with Crippen LogP contribution in [-0.4, -0.2) is 35.0 Å². The van der Waals surface area contributed by atoms with Gasteiger partial charge in [0, 0.05) is 30.9 Å². The van der Waals surface area contributed by atoms with Crippen LogP contribution >= 0.6 is 0 Å². The zero-order chi connectivity index (χ0) is 18.7. The van der Waals surface area contributed by atoms with Crippen molar-refractivity contribution in [3.05, 3.63) is 53.5 Å². The van der Waals surface area contributed by atoms with Crippen LogP contribution in [0.2, 0.25) is 0 Å². The van der Waals surface area contributed by atoms with E-state index in [1.807, 2.05) is 50.2 Å². The van der Waals surface area contributed by atoms with E-state index in [1.165, 1.54) is 0 Å². The van der Waals surface area contributed by atoms with Crippen molar-refractivity contribution in [3.63, 3.8) is 0 Å². The van der Waals surface area contributed by atoms with Crippen LogP contribution in [0.5, 0.6) is 0 Å². The number of carbonyl (C=O) groups excluding carboxylic acids is 1. The van der Waals surface area contributed by atoms with Crippen LogP contribution in [0.25, 0.3) is 0 Å². The van der Waals surface area contributed by atoms with E-state index in [4.69, 9.17) is 5.73 Å². The number of nitrogens with one attached hydrogen (secondary N) is 1. The molecule has 26 heavy (non-hydrogen) atoms. The van der Waals surface area contributed by atoms with Crippen LogP contribution in [0.15, 0.2) is 36.4 Å². The van der Waals surface area contributed by atoms with Crippen molar-refractivity contribution in [1.82, 2.24) is 15.3 Å². The number of aromatic nitrogens is 2. The highest BCUT2D eigenvalue weighted by atomic mass is 16.2. The Morgan fingerprint density at radius 2 is 1.85 bits per heavy atom. The van der Waals surface area contributed by atoms with E-state index in [1.54, 1.807) is 6.92 Å². The van der Waals surface area contributed by atoms with Gasteiger partial charge >= 0.3 is 0 Å². The molecule has 1 amide bonds. The molecule has 1 saturated heterocycles. The molecular weight excluding hydrogens is 326 g/mol. The molecule has 2 heterocycles. The number of hydrogen-bond donors (Lipinski definition) is 2. The minimum absolute atomic E-state index is 0.129. The first kappa shape index (κ1) is 18.3. The van der Waals surface area contributed by atoms with Crippen LogP contribution in [0.1, 0.15) is 36.8 Å². The Morgan fingerprint density at radius 3 is 2.46 bits per heavy atom. The molecule has 6 heteroatoms. The maximum Gasteiger partial charge on any atom is 0.244 e. The van der Waals surface area contributed by atoms with Crippen LogP contribution < -0.4 is 16.0 Å². The molecule has 6 nitrogen and oxygen atoms in total. The zero-order valence-corrected chi connectivity index (χ0v) is 15.7. The molecule has 1 aliphatic heterocycles. The molecule has 1 aliphatic rings. The maximum atomic E-state index is 12.7. The van der Waals surface area contributed by atoms with Crippen molar-refractivity contribution in [2.75, 3.05) is 18.0 Å². The van der Waals surface area contributed by atoms with Gasteiger partial charge in [0.1, 0.15) is 17.2 Å². The lowest BCUT2D eigenvalue weighted by Crippen LogP contribution is -2.54. The van der Waals surface area contributed by atoms with Gasteiger partial charge < -0.3 is 16.0 Å². The monoisotopic (exact) mass is 353 g/mol. The zero-order valence-electron chi connectivity index (χ0n) is 15.7. The number of anilines is 1. The first-order valence-corrected chi connectivity index (χ1v) is 9.09. The predicted octanol–water partition coefficient (Wildman–Crippen LogP) is 2.05. The van der Waals surface area contributed by atoms with Crippen molar-refractivity contribution in [2.24, 2.45) is 5.73 Å². The molecule has 2 aromatic rings. The minimum atomic E-state index is -1.03. The summed E-state index contributed by atoms with van der Waals surface area (Å²) < 4.78 is 0. The number of aryl methyl sites for hydroxylation is 2. The SMILES string of the molecule is Cc1cc(N2CCC(NC(=O)C(C)(N)c3ccccc3)CC2)nc(C)n1. The molecule has 0 aliphatic carbocycles. The second kappa shape index (κ2) is 7.41. The minimum Gasteiger partial charge on any atom is -0.356 e. The normalized spacial score (nSPS) is 17.6. The number of piperidine rings is 1. The van der Waals surface area contributed by atoms with Crippen molar-refractivity contribution in [1.29, 1.82) is 0 Å². The molecule has 1 unspecified atom stereocenters. The van der Waals surface area contributed by atoms with Crippen molar-refractivity contribution < 1.29 is 4.79 Å². The average Bonchev–Trinajstić information content (AvgIpc) is 2.62. The van der Waals surface area contributed by atoms with Gasteiger partial charge in [-0.05, 0) is 39.2 Å².